The minimum atomic E-state index is 0. The highest BCUT2D eigenvalue weighted by atomic mass is 35.5. The molecule has 0 amide bonds. The van der Waals surface area contributed by atoms with Crippen molar-refractivity contribution in [3.05, 3.63) is 16.7 Å². The van der Waals surface area contributed by atoms with Crippen LogP contribution in [0.4, 0.5) is 0 Å². The van der Waals surface area contributed by atoms with Gasteiger partial charge in [-0.05, 0) is 13.5 Å². The lowest BCUT2D eigenvalue weighted by molar-refractivity contribution is 0.751. The zero-order chi connectivity index (χ0) is 9.68. The van der Waals surface area contributed by atoms with Gasteiger partial charge in [-0.15, -0.1) is 12.4 Å². The molecule has 0 aliphatic rings. The predicted molar refractivity (Wildman–Crippen MR) is 62.2 cm³/mol. The number of halogens is 2. The van der Waals surface area contributed by atoms with Gasteiger partial charge in [0.2, 0.25) is 0 Å². The number of hydrogen-bond donors (Lipinski definition) is 2. The topological polar surface area (TPSA) is 40.7 Å². The number of unbranched alkanes of at least 4 members (excludes halogenated alkanes) is 1. The molecule has 5 heteroatoms. The van der Waals surface area contributed by atoms with Gasteiger partial charge in [-0.3, -0.25) is 0 Å². The normalized spacial score (nSPS) is 9.93. The first-order valence-electron chi connectivity index (χ1n) is 4.65. The van der Waals surface area contributed by atoms with E-state index in [0.717, 1.165) is 30.9 Å². The number of imidazole rings is 1. The Morgan fingerprint density at radius 2 is 2.21 bits per heavy atom. The van der Waals surface area contributed by atoms with Crippen molar-refractivity contribution in [3.8, 4) is 0 Å². The van der Waals surface area contributed by atoms with E-state index in [1.165, 1.54) is 6.42 Å². The van der Waals surface area contributed by atoms with Crippen LogP contribution in [0.15, 0.2) is 0 Å². The Morgan fingerprint density at radius 1 is 1.50 bits per heavy atom. The van der Waals surface area contributed by atoms with Gasteiger partial charge in [-0.25, -0.2) is 4.98 Å². The Kier molecular flexibility index (Phi) is 6.97. The summed E-state index contributed by atoms with van der Waals surface area (Å²) in [4.78, 5) is 7.45. The van der Waals surface area contributed by atoms with E-state index in [2.05, 4.69) is 22.2 Å². The molecule has 0 bridgehead atoms. The lowest BCUT2D eigenvalue weighted by atomic mass is 10.2. The average molecular weight is 238 g/mol. The highest BCUT2D eigenvalue weighted by molar-refractivity contribution is 6.30. The molecule has 0 aromatic carbocycles. The van der Waals surface area contributed by atoms with Crippen LogP contribution < -0.4 is 5.32 Å². The molecular formula is C9H17Cl2N3. The standard InChI is InChI=1S/C9H16ClN3.ClH/c1-3-4-5-8-12-7(6-11-2)9(10)13-8;/h11H,3-6H2,1-2H3,(H,12,13);1H. The number of aromatic amines is 1. The van der Waals surface area contributed by atoms with Crippen molar-refractivity contribution in [3.63, 3.8) is 0 Å². The second-order valence-corrected chi connectivity index (χ2v) is 3.44. The number of hydrogen-bond acceptors (Lipinski definition) is 2. The molecule has 0 unspecified atom stereocenters. The maximum atomic E-state index is 5.92. The monoisotopic (exact) mass is 237 g/mol. The summed E-state index contributed by atoms with van der Waals surface area (Å²) >= 11 is 5.92. The van der Waals surface area contributed by atoms with Crippen LogP contribution in [0.1, 0.15) is 31.3 Å². The number of aryl methyl sites for hydroxylation is 1. The SMILES string of the molecule is CCCCc1nc(Cl)c(CNC)[nH]1.Cl. The van der Waals surface area contributed by atoms with E-state index in [9.17, 15) is 0 Å². The van der Waals surface area contributed by atoms with Gasteiger partial charge in [0.1, 0.15) is 5.82 Å². The predicted octanol–water partition coefficient (Wildman–Crippen LogP) is 2.55. The molecule has 1 aromatic heterocycles. The molecule has 82 valence electrons. The minimum Gasteiger partial charge on any atom is -0.344 e. The van der Waals surface area contributed by atoms with E-state index in [1.807, 2.05) is 7.05 Å². The summed E-state index contributed by atoms with van der Waals surface area (Å²) in [6.45, 7) is 2.91. The molecule has 0 saturated heterocycles. The number of rotatable bonds is 5. The van der Waals surface area contributed by atoms with Crippen molar-refractivity contribution in [1.29, 1.82) is 0 Å². The molecular weight excluding hydrogens is 221 g/mol. The van der Waals surface area contributed by atoms with E-state index >= 15 is 0 Å². The van der Waals surface area contributed by atoms with E-state index in [0.29, 0.717) is 5.15 Å². The maximum Gasteiger partial charge on any atom is 0.151 e. The van der Waals surface area contributed by atoms with Crippen molar-refractivity contribution in [1.82, 2.24) is 15.3 Å². The second-order valence-electron chi connectivity index (χ2n) is 3.09. The van der Waals surface area contributed by atoms with Crippen molar-refractivity contribution in [2.24, 2.45) is 0 Å². The van der Waals surface area contributed by atoms with Gasteiger partial charge < -0.3 is 10.3 Å². The highest BCUT2D eigenvalue weighted by Crippen LogP contribution is 2.13. The summed E-state index contributed by atoms with van der Waals surface area (Å²) in [6.07, 6.45) is 3.32. The van der Waals surface area contributed by atoms with Gasteiger partial charge in [-0.2, -0.15) is 0 Å². The van der Waals surface area contributed by atoms with E-state index in [-0.39, 0.29) is 12.4 Å². The second kappa shape index (κ2) is 7.10. The van der Waals surface area contributed by atoms with Crippen LogP contribution in [-0.4, -0.2) is 17.0 Å². The van der Waals surface area contributed by atoms with E-state index in [4.69, 9.17) is 11.6 Å². The number of H-pyrrole nitrogens is 1. The van der Waals surface area contributed by atoms with Crippen LogP contribution in [0.25, 0.3) is 0 Å². The molecule has 0 atom stereocenters. The molecule has 1 heterocycles. The smallest absolute Gasteiger partial charge is 0.151 e. The average Bonchev–Trinajstić information content (AvgIpc) is 2.45. The zero-order valence-electron chi connectivity index (χ0n) is 8.56. The third-order valence-corrected chi connectivity index (χ3v) is 2.21. The Morgan fingerprint density at radius 3 is 2.79 bits per heavy atom. The molecule has 0 saturated carbocycles. The maximum absolute atomic E-state index is 5.92. The van der Waals surface area contributed by atoms with Crippen LogP contribution >= 0.6 is 24.0 Å². The van der Waals surface area contributed by atoms with Gasteiger partial charge in [0, 0.05) is 13.0 Å². The van der Waals surface area contributed by atoms with Crippen LogP contribution in [0, 0.1) is 0 Å². The fourth-order valence-corrected chi connectivity index (χ4v) is 1.41. The summed E-state index contributed by atoms with van der Waals surface area (Å²) in [7, 11) is 1.89. The first-order valence-corrected chi connectivity index (χ1v) is 5.03. The Bertz CT molecular complexity index is 261. The van der Waals surface area contributed by atoms with Crippen LogP contribution in [0.2, 0.25) is 5.15 Å². The molecule has 1 rings (SSSR count). The Balaban J connectivity index is 0.00000169. The molecule has 14 heavy (non-hydrogen) atoms. The van der Waals surface area contributed by atoms with Crippen LogP contribution in [0.3, 0.4) is 0 Å². The molecule has 0 spiro atoms. The summed E-state index contributed by atoms with van der Waals surface area (Å²) in [5.41, 5.74) is 0.982. The summed E-state index contributed by atoms with van der Waals surface area (Å²) in [6, 6.07) is 0. The van der Waals surface area contributed by atoms with Gasteiger partial charge in [0.25, 0.3) is 0 Å². The molecule has 0 radical (unpaired) electrons. The largest absolute Gasteiger partial charge is 0.344 e. The van der Waals surface area contributed by atoms with Crippen LogP contribution in [-0.2, 0) is 13.0 Å². The quantitative estimate of drug-likeness (QED) is 0.827. The fraction of sp³-hybridized carbons (Fsp3) is 0.667. The number of nitrogens with zero attached hydrogens (tertiary/aromatic N) is 1. The van der Waals surface area contributed by atoms with Gasteiger partial charge >= 0.3 is 0 Å². The molecule has 0 fully saturated rings. The molecule has 1 aromatic rings. The number of aromatic nitrogens is 2. The fourth-order valence-electron chi connectivity index (χ4n) is 1.20. The third kappa shape index (κ3) is 3.86. The first-order chi connectivity index (χ1) is 6.27. The van der Waals surface area contributed by atoms with Crippen LogP contribution in [0.5, 0.6) is 0 Å². The Hall–Kier alpha value is -0.250. The van der Waals surface area contributed by atoms with E-state index < -0.39 is 0 Å². The lowest BCUT2D eigenvalue weighted by Gasteiger charge is -1.94. The molecule has 0 aliphatic carbocycles. The summed E-state index contributed by atoms with van der Waals surface area (Å²) in [5.74, 6) is 0.997. The molecule has 2 N–H and O–H groups in total. The van der Waals surface area contributed by atoms with E-state index in [1.54, 1.807) is 0 Å². The molecule has 0 aliphatic heterocycles. The lowest BCUT2D eigenvalue weighted by Crippen LogP contribution is -2.05. The number of nitrogens with one attached hydrogen (secondary N) is 2. The molecule has 3 nitrogen and oxygen atoms in total. The minimum absolute atomic E-state index is 0. The zero-order valence-corrected chi connectivity index (χ0v) is 10.1. The van der Waals surface area contributed by atoms with Gasteiger partial charge in [-0.1, -0.05) is 24.9 Å². The van der Waals surface area contributed by atoms with Gasteiger partial charge in [0.15, 0.2) is 5.15 Å². The highest BCUT2D eigenvalue weighted by Gasteiger charge is 2.05. The van der Waals surface area contributed by atoms with Crippen molar-refractivity contribution >= 4 is 24.0 Å². The van der Waals surface area contributed by atoms with Crippen molar-refractivity contribution in [2.75, 3.05) is 7.05 Å². The van der Waals surface area contributed by atoms with Gasteiger partial charge in [0.05, 0.1) is 5.69 Å². The summed E-state index contributed by atoms with van der Waals surface area (Å²) < 4.78 is 0. The Labute approximate surface area is 96.1 Å². The third-order valence-electron chi connectivity index (χ3n) is 1.90. The van der Waals surface area contributed by atoms with Crippen molar-refractivity contribution in [2.45, 2.75) is 32.7 Å². The first kappa shape index (κ1) is 13.8. The van der Waals surface area contributed by atoms with Crippen molar-refractivity contribution < 1.29 is 0 Å². The summed E-state index contributed by atoms with van der Waals surface area (Å²) in [5, 5.41) is 3.64.